The summed E-state index contributed by atoms with van der Waals surface area (Å²) in [5, 5.41) is 20.3. The van der Waals surface area contributed by atoms with Crippen LogP contribution < -0.4 is 5.32 Å². The van der Waals surface area contributed by atoms with Gasteiger partial charge in [-0.3, -0.25) is 9.59 Å². The zero-order chi connectivity index (χ0) is 13.7. The Hall–Kier alpha value is -2.30. The van der Waals surface area contributed by atoms with Crippen LogP contribution in [0, 0.1) is 6.92 Å². The van der Waals surface area contributed by atoms with Crippen LogP contribution in [-0.2, 0) is 9.59 Å². The van der Waals surface area contributed by atoms with Gasteiger partial charge in [0.25, 0.3) is 0 Å². The van der Waals surface area contributed by atoms with Gasteiger partial charge in [0.05, 0.1) is 6.42 Å². The van der Waals surface area contributed by atoms with E-state index in [9.17, 15) is 14.7 Å². The maximum Gasteiger partial charge on any atom is 0.303 e. The number of aliphatic carboxylic acids is 1. The molecule has 1 rings (SSSR count). The molecular weight excluding hydrogens is 234 g/mol. The highest BCUT2D eigenvalue weighted by atomic mass is 16.4. The number of hydrogen-bond acceptors (Lipinski definition) is 3. The maximum atomic E-state index is 11.5. The van der Waals surface area contributed by atoms with Gasteiger partial charge >= 0.3 is 5.97 Å². The molecule has 0 heterocycles. The molecule has 5 nitrogen and oxygen atoms in total. The molecule has 18 heavy (non-hydrogen) atoms. The first-order valence-electron chi connectivity index (χ1n) is 5.40. The van der Waals surface area contributed by atoms with E-state index in [1.165, 1.54) is 0 Å². The second-order valence-electron chi connectivity index (χ2n) is 3.92. The van der Waals surface area contributed by atoms with Crippen molar-refractivity contribution in [1.82, 2.24) is 0 Å². The van der Waals surface area contributed by atoms with Gasteiger partial charge in [0, 0.05) is 17.7 Å². The number of benzene rings is 1. The molecule has 1 aromatic carbocycles. The summed E-state index contributed by atoms with van der Waals surface area (Å²) in [7, 11) is 0. The number of carbonyl (C=O) groups excluding carboxylic acids is 1. The van der Waals surface area contributed by atoms with Gasteiger partial charge in [0.2, 0.25) is 5.91 Å². The van der Waals surface area contributed by atoms with E-state index < -0.39 is 5.97 Å². The number of carbonyl (C=O) groups is 2. The van der Waals surface area contributed by atoms with E-state index in [0.717, 1.165) is 5.56 Å². The molecule has 0 spiro atoms. The van der Waals surface area contributed by atoms with Crippen LogP contribution in [0.4, 0.5) is 5.69 Å². The van der Waals surface area contributed by atoms with Crippen LogP contribution in [-0.4, -0.2) is 22.1 Å². The molecular formula is C13H15NO4. The Morgan fingerprint density at radius 1 is 1.28 bits per heavy atom. The van der Waals surface area contributed by atoms with E-state index in [4.69, 9.17) is 5.11 Å². The fourth-order valence-electron chi connectivity index (χ4n) is 1.37. The van der Waals surface area contributed by atoms with Gasteiger partial charge in [-0.15, -0.1) is 0 Å². The molecule has 5 heteroatoms. The van der Waals surface area contributed by atoms with Crippen molar-refractivity contribution in [2.75, 3.05) is 5.32 Å². The van der Waals surface area contributed by atoms with Gasteiger partial charge in [-0.05, 0) is 18.6 Å². The predicted octanol–water partition coefficient (Wildman–Crippen LogP) is 2.33. The summed E-state index contributed by atoms with van der Waals surface area (Å²) in [4.78, 5) is 21.8. The molecule has 0 saturated carbocycles. The summed E-state index contributed by atoms with van der Waals surface area (Å²) in [6.45, 7) is 5.20. The first-order valence-corrected chi connectivity index (χ1v) is 5.40. The molecule has 96 valence electrons. The molecule has 0 fully saturated rings. The van der Waals surface area contributed by atoms with E-state index in [1.54, 1.807) is 25.1 Å². The Morgan fingerprint density at radius 2 is 1.94 bits per heavy atom. The summed E-state index contributed by atoms with van der Waals surface area (Å²) >= 11 is 0. The monoisotopic (exact) mass is 249 g/mol. The Balaban J connectivity index is 2.77. The number of nitrogens with one attached hydrogen (secondary N) is 1. The van der Waals surface area contributed by atoms with Crippen molar-refractivity contribution < 1.29 is 19.8 Å². The minimum absolute atomic E-state index is 0.0843. The van der Waals surface area contributed by atoms with E-state index in [-0.39, 0.29) is 24.5 Å². The van der Waals surface area contributed by atoms with Crippen LogP contribution in [0.2, 0.25) is 0 Å². The Labute approximate surface area is 105 Å². The van der Waals surface area contributed by atoms with E-state index in [0.29, 0.717) is 11.3 Å². The van der Waals surface area contributed by atoms with Crippen molar-refractivity contribution in [3.8, 4) is 0 Å². The number of aryl methyl sites for hydroxylation is 1. The molecule has 0 aliphatic carbocycles. The largest absolute Gasteiger partial charge is 0.508 e. The van der Waals surface area contributed by atoms with Gasteiger partial charge in [0.1, 0.15) is 5.76 Å². The number of aliphatic hydroxyl groups excluding tert-OH is 1. The third-order valence-electron chi connectivity index (χ3n) is 2.41. The highest BCUT2D eigenvalue weighted by molar-refractivity contribution is 5.93. The smallest absolute Gasteiger partial charge is 0.303 e. The Kier molecular flexibility index (Phi) is 4.48. The molecule has 0 saturated heterocycles. The number of hydrogen-bond donors (Lipinski definition) is 3. The highest BCUT2D eigenvalue weighted by Gasteiger charge is 2.08. The van der Waals surface area contributed by atoms with Crippen LogP contribution in [0.3, 0.4) is 0 Å². The second kappa shape index (κ2) is 5.86. The number of amides is 1. The van der Waals surface area contributed by atoms with E-state index >= 15 is 0 Å². The van der Waals surface area contributed by atoms with Gasteiger partial charge in [0.15, 0.2) is 0 Å². The molecule has 0 aliphatic heterocycles. The second-order valence-corrected chi connectivity index (χ2v) is 3.92. The quantitative estimate of drug-likeness (QED) is 0.699. The van der Waals surface area contributed by atoms with Gasteiger partial charge in [-0.25, -0.2) is 0 Å². The van der Waals surface area contributed by atoms with E-state index in [2.05, 4.69) is 11.9 Å². The van der Waals surface area contributed by atoms with Crippen LogP contribution in [0.25, 0.3) is 5.76 Å². The summed E-state index contributed by atoms with van der Waals surface area (Å²) < 4.78 is 0. The lowest BCUT2D eigenvalue weighted by Crippen LogP contribution is -2.14. The van der Waals surface area contributed by atoms with Crippen LogP contribution in [0.1, 0.15) is 24.0 Å². The number of rotatable bonds is 5. The molecule has 0 bridgehead atoms. The number of aliphatic hydroxyl groups is 1. The molecule has 0 unspecified atom stereocenters. The minimum atomic E-state index is -1.01. The average molecular weight is 249 g/mol. The SMILES string of the molecule is C=C(O)c1ccc(C)c(NC(=O)CCC(=O)O)c1. The third-order valence-corrected chi connectivity index (χ3v) is 2.41. The minimum Gasteiger partial charge on any atom is -0.508 e. The highest BCUT2D eigenvalue weighted by Crippen LogP contribution is 2.20. The summed E-state index contributed by atoms with van der Waals surface area (Å²) in [5.41, 5.74) is 1.87. The Bertz CT molecular complexity index is 494. The lowest BCUT2D eigenvalue weighted by atomic mass is 10.1. The van der Waals surface area contributed by atoms with Crippen molar-refractivity contribution in [3.63, 3.8) is 0 Å². The van der Waals surface area contributed by atoms with E-state index in [1.807, 2.05) is 0 Å². The van der Waals surface area contributed by atoms with Crippen LogP contribution >= 0.6 is 0 Å². The lowest BCUT2D eigenvalue weighted by molar-refractivity contribution is -0.138. The summed E-state index contributed by atoms with van der Waals surface area (Å²) in [5.74, 6) is -1.48. The first kappa shape index (κ1) is 13.8. The zero-order valence-electron chi connectivity index (χ0n) is 10.1. The van der Waals surface area contributed by atoms with Crippen molar-refractivity contribution in [1.29, 1.82) is 0 Å². The maximum absolute atomic E-state index is 11.5. The zero-order valence-corrected chi connectivity index (χ0v) is 10.1. The number of carboxylic acid groups (broad SMARTS) is 1. The van der Waals surface area contributed by atoms with Crippen molar-refractivity contribution >= 4 is 23.3 Å². The summed E-state index contributed by atoms with van der Waals surface area (Å²) in [6, 6.07) is 5.02. The molecule has 1 amide bonds. The van der Waals surface area contributed by atoms with Gasteiger partial charge < -0.3 is 15.5 Å². The molecule has 0 aliphatic rings. The molecule has 0 atom stereocenters. The normalized spacial score (nSPS) is 9.83. The van der Waals surface area contributed by atoms with Crippen LogP contribution in [0.5, 0.6) is 0 Å². The Morgan fingerprint density at radius 3 is 2.50 bits per heavy atom. The van der Waals surface area contributed by atoms with Crippen molar-refractivity contribution in [2.24, 2.45) is 0 Å². The predicted molar refractivity (Wildman–Crippen MR) is 68.3 cm³/mol. The van der Waals surface area contributed by atoms with Crippen molar-refractivity contribution in [3.05, 3.63) is 35.9 Å². The topological polar surface area (TPSA) is 86.6 Å². The summed E-state index contributed by atoms with van der Waals surface area (Å²) in [6.07, 6.45) is -0.295. The number of carboxylic acids is 1. The fourth-order valence-corrected chi connectivity index (χ4v) is 1.37. The standard InChI is InChI=1S/C13H15NO4/c1-8-3-4-10(9(2)15)7-11(8)14-12(16)5-6-13(17)18/h3-4,7,15H,2,5-6H2,1H3,(H,14,16)(H,17,18). The van der Waals surface area contributed by atoms with Gasteiger partial charge in [-0.2, -0.15) is 0 Å². The average Bonchev–Trinajstić information content (AvgIpc) is 2.29. The lowest BCUT2D eigenvalue weighted by Gasteiger charge is -2.09. The molecule has 1 aromatic rings. The number of anilines is 1. The molecule has 3 N–H and O–H groups in total. The van der Waals surface area contributed by atoms with Crippen molar-refractivity contribution in [2.45, 2.75) is 19.8 Å². The fraction of sp³-hybridized carbons (Fsp3) is 0.231. The van der Waals surface area contributed by atoms with Crippen LogP contribution in [0.15, 0.2) is 24.8 Å². The first-order chi connectivity index (χ1) is 8.40. The van der Waals surface area contributed by atoms with Gasteiger partial charge in [-0.1, -0.05) is 18.7 Å². The molecule has 0 radical (unpaired) electrons. The third kappa shape index (κ3) is 3.93. The molecule has 0 aromatic heterocycles.